The Bertz CT molecular complexity index is 554. The van der Waals surface area contributed by atoms with E-state index in [-0.39, 0.29) is 25.0 Å². The van der Waals surface area contributed by atoms with Crippen LogP contribution in [0.3, 0.4) is 0 Å². The van der Waals surface area contributed by atoms with Crippen LogP contribution in [-0.2, 0) is 6.18 Å². The fraction of sp³-hybridized carbons (Fsp3) is 0.688. The average molecular weight is 347 g/mol. The quantitative estimate of drug-likeness (QED) is 0.814. The van der Waals surface area contributed by atoms with Gasteiger partial charge in [0.05, 0.1) is 12.2 Å². The number of likely N-dealkylation sites (N-methyl/N-ethyl adjacent to an activating group) is 1. The summed E-state index contributed by atoms with van der Waals surface area (Å²) in [5.74, 6) is 0.388. The molecule has 24 heavy (non-hydrogen) atoms. The van der Waals surface area contributed by atoms with Crippen LogP contribution in [0, 0.1) is 18.8 Å². The van der Waals surface area contributed by atoms with E-state index < -0.39 is 11.7 Å². The van der Waals surface area contributed by atoms with Gasteiger partial charge in [-0.3, -0.25) is 0 Å². The molecule has 2 atom stereocenters. The van der Waals surface area contributed by atoms with Crippen LogP contribution in [0.5, 0.6) is 0 Å². The lowest BCUT2D eigenvalue weighted by Crippen LogP contribution is -2.33. The number of aliphatic hydroxyl groups excluding tert-OH is 2. The Balaban J connectivity index is 2.17. The lowest BCUT2D eigenvalue weighted by molar-refractivity contribution is -0.137. The molecular weight excluding hydrogens is 323 g/mol. The topological polar surface area (TPSA) is 59.8 Å². The van der Waals surface area contributed by atoms with Crippen molar-refractivity contribution in [3.05, 3.63) is 23.4 Å². The summed E-state index contributed by atoms with van der Waals surface area (Å²) in [5, 5.41) is 18.6. The standard InChI is InChI=1S/C16H24F3N3O2/c1-11-5-14(16(17,18)19)6-15(20-11)22-8-12(13(9-22)10-24)7-21(2)3-4-23/h5-6,12-13,23-24H,3-4,7-10H2,1-2H3/t12-,13-/m1/s1. The smallest absolute Gasteiger partial charge is 0.396 e. The fourth-order valence-corrected chi connectivity index (χ4v) is 3.18. The second-order valence-corrected chi connectivity index (χ2v) is 6.45. The zero-order chi connectivity index (χ0) is 17.9. The van der Waals surface area contributed by atoms with E-state index in [4.69, 9.17) is 5.11 Å². The molecule has 1 aliphatic heterocycles. The van der Waals surface area contributed by atoms with Crippen LogP contribution in [0.1, 0.15) is 11.3 Å². The van der Waals surface area contributed by atoms with Gasteiger partial charge in [-0.15, -0.1) is 0 Å². The van der Waals surface area contributed by atoms with Crippen LogP contribution < -0.4 is 4.90 Å². The van der Waals surface area contributed by atoms with Crippen LogP contribution >= 0.6 is 0 Å². The minimum atomic E-state index is -4.40. The minimum Gasteiger partial charge on any atom is -0.396 e. The molecule has 0 radical (unpaired) electrons. The Morgan fingerprint density at radius 2 is 1.92 bits per heavy atom. The maximum atomic E-state index is 13.0. The third-order valence-electron chi connectivity index (χ3n) is 4.43. The Morgan fingerprint density at radius 1 is 1.25 bits per heavy atom. The number of anilines is 1. The van der Waals surface area contributed by atoms with Gasteiger partial charge < -0.3 is 20.0 Å². The lowest BCUT2D eigenvalue weighted by atomic mass is 9.96. The highest BCUT2D eigenvalue weighted by molar-refractivity contribution is 5.45. The average Bonchev–Trinajstić information content (AvgIpc) is 2.89. The van der Waals surface area contributed by atoms with Gasteiger partial charge in [-0.25, -0.2) is 4.98 Å². The molecule has 136 valence electrons. The fourth-order valence-electron chi connectivity index (χ4n) is 3.18. The SMILES string of the molecule is Cc1cc(C(F)(F)F)cc(N2C[C@@H](CN(C)CCO)[C@@H](CO)C2)n1. The monoisotopic (exact) mass is 347 g/mol. The van der Waals surface area contributed by atoms with Crippen molar-refractivity contribution in [2.24, 2.45) is 11.8 Å². The summed E-state index contributed by atoms with van der Waals surface area (Å²) >= 11 is 0. The first-order valence-electron chi connectivity index (χ1n) is 7.95. The first-order valence-corrected chi connectivity index (χ1v) is 7.95. The van der Waals surface area contributed by atoms with Crippen LogP contribution in [0.15, 0.2) is 12.1 Å². The van der Waals surface area contributed by atoms with E-state index in [1.54, 1.807) is 11.8 Å². The largest absolute Gasteiger partial charge is 0.416 e. The van der Waals surface area contributed by atoms with Gasteiger partial charge in [-0.1, -0.05) is 0 Å². The minimum absolute atomic E-state index is 0.0218. The van der Waals surface area contributed by atoms with Crippen LogP contribution in [0.2, 0.25) is 0 Å². The molecule has 0 bridgehead atoms. The predicted octanol–water partition coefficient (Wildman–Crippen LogP) is 1.38. The molecule has 2 rings (SSSR count). The van der Waals surface area contributed by atoms with Crippen molar-refractivity contribution in [2.75, 3.05) is 51.3 Å². The number of aryl methyl sites for hydroxylation is 1. The Labute approximate surface area is 139 Å². The predicted molar refractivity (Wildman–Crippen MR) is 84.8 cm³/mol. The first kappa shape index (κ1) is 19.0. The van der Waals surface area contributed by atoms with Crippen LogP contribution in [0.4, 0.5) is 19.0 Å². The second kappa shape index (κ2) is 7.67. The molecule has 1 aromatic rings. The van der Waals surface area contributed by atoms with Gasteiger partial charge >= 0.3 is 6.18 Å². The normalized spacial score (nSPS) is 21.8. The Hall–Kier alpha value is -1.38. The molecule has 0 saturated carbocycles. The summed E-state index contributed by atoms with van der Waals surface area (Å²) < 4.78 is 39.0. The Morgan fingerprint density at radius 3 is 2.50 bits per heavy atom. The van der Waals surface area contributed by atoms with Gasteiger partial charge in [0, 0.05) is 44.4 Å². The number of nitrogens with zero attached hydrogens (tertiary/aromatic N) is 3. The molecule has 8 heteroatoms. The molecule has 0 amide bonds. The van der Waals surface area contributed by atoms with E-state index in [2.05, 4.69) is 4.98 Å². The maximum Gasteiger partial charge on any atom is 0.416 e. The second-order valence-electron chi connectivity index (χ2n) is 6.45. The maximum absolute atomic E-state index is 13.0. The zero-order valence-electron chi connectivity index (χ0n) is 13.9. The third-order valence-corrected chi connectivity index (χ3v) is 4.43. The van der Waals surface area contributed by atoms with Gasteiger partial charge in [-0.2, -0.15) is 13.2 Å². The molecule has 1 aliphatic rings. The molecule has 5 nitrogen and oxygen atoms in total. The van der Waals surface area contributed by atoms with E-state index in [1.807, 2.05) is 11.9 Å². The third kappa shape index (κ3) is 4.58. The molecule has 2 heterocycles. The van der Waals surface area contributed by atoms with Crippen molar-refractivity contribution < 1.29 is 23.4 Å². The summed E-state index contributed by atoms with van der Waals surface area (Å²) in [6.07, 6.45) is -4.40. The van der Waals surface area contributed by atoms with Gasteiger partial charge in [0.1, 0.15) is 5.82 Å². The van der Waals surface area contributed by atoms with Crippen LogP contribution in [-0.4, -0.2) is 66.5 Å². The number of halogens is 3. The lowest BCUT2D eigenvalue weighted by Gasteiger charge is -2.23. The summed E-state index contributed by atoms with van der Waals surface area (Å²) in [5.41, 5.74) is -0.382. The highest BCUT2D eigenvalue weighted by Crippen LogP contribution is 2.34. The number of alkyl halides is 3. The zero-order valence-corrected chi connectivity index (χ0v) is 13.9. The number of hydrogen-bond acceptors (Lipinski definition) is 5. The van der Waals surface area contributed by atoms with Gasteiger partial charge in [0.2, 0.25) is 0 Å². The highest BCUT2D eigenvalue weighted by atomic mass is 19.4. The van der Waals surface area contributed by atoms with Crippen LogP contribution in [0.25, 0.3) is 0 Å². The van der Waals surface area contributed by atoms with Gasteiger partial charge in [0.15, 0.2) is 0 Å². The van der Waals surface area contributed by atoms with Crippen molar-refractivity contribution in [1.29, 1.82) is 0 Å². The first-order chi connectivity index (χ1) is 11.2. The Kier molecular flexibility index (Phi) is 6.06. The molecule has 2 N–H and O–H groups in total. The van der Waals surface area contributed by atoms with E-state index in [1.165, 1.54) is 0 Å². The summed E-state index contributed by atoms with van der Waals surface area (Å²) in [6, 6.07) is 2.11. The van der Waals surface area contributed by atoms with Crippen molar-refractivity contribution in [3.63, 3.8) is 0 Å². The van der Waals surface area contributed by atoms with Crippen molar-refractivity contribution in [1.82, 2.24) is 9.88 Å². The number of pyridine rings is 1. The number of aliphatic hydroxyl groups is 2. The van der Waals surface area contributed by atoms with E-state index in [0.29, 0.717) is 37.7 Å². The molecule has 1 saturated heterocycles. The van der Waals surface area contributed by atoms with Gasteiger partial charge in [-0.05, 0) is 32.0 Å². The van der Waals surface area contributed by atoms with Crippen molar-refractivity contribution in [3.8, 4) is 0 Å². The van der Waals surface area contributed by atoms with Gasteiger partial charge in [0.25, 0.3) is 0 Å². The number of aromatic nitrogens is 1. The van der Waals surface area contributed by atoms with E-state index in [0.717, 1.165) is 12.1 Å². The van der Waals surface area contributed by atoms with E-state index >= 15 is 0 Å². The molecular formula is C16H24F3N3O2. The summed E-state index contributed by atoms with van der Waals surface area (Å²) in [4.78, 5) is 8.00. The molecule has 0 aromatic carbocycles. The molecule has 1 fully saturated rings. The number of rotatable bonds is 6. The molecule has 0 spiro atoms. The molecule has 1 aromatic heterocycles. The molecule has 0 unspecified atom stereocenters. The summed E-state index contributed by atoms with van der Waals surface area (Å²) in [7, 11) is 1.87. The van der Waals surface area contributed by atoms with Crippen molar-refractivity contribution >= 4 is 5.82 Å². The highest BCUT2D eigenvalue weighted by Gasteiger charge is 2.36. The van der Waals surface area contributed by atoms with E-state index in [9.17, 15) is 18.3 Å². The number of hydrogen-bond donors (Lipinski definition) is 2. The molecule has 0 aliphatic carbocycles. The van der Waals surface area contributed by atoms with Crippen molar-refractivity contribution in [2.45, 2.75) is 13.1 Å². The summed E-state index contributed by atoms with van der Waals surface area (Å²) in [6.45, 7) is 3.77.